The second-order valence-corrected chi connectivity index (χ2v) is 8.15. The predicted octanol–water partition coefficient (Wildman–Crippen LogP) is 3.09. The van der Waals surface area contributed by atoms with Crippen LogP contribution in [0.2, 0.25) is 0 Å². The first-order valence-corrected chi connectivity index (χ1v) is 9.87. The van der Waals surface area contributed by atoms with Crippen molar-refractivity contribution < 1.29 is 14.4 Å². The molecule has 140 valence electrons. The third-order valence-electron chi connectivity index (χ3n) is 5.38. The summed E-state index contributed by atoms with van der Waals surface area (Å²) >= 11 is 1.61. The molecule has 4 rings (SSSR count). The van der Waals surface area contributed by atoms with E-state index in [9.17, 15) is 14.4 Å². The third-order valence-corrected chi connectivity index (χ3v) is 6.36. The number of urea groups is 1. The van der Waals surface area contributed by atoms with Crippen molar-refractivity contribution in [3.8, 4) is 0 Å². The lowest BCUT2D eigenvalue weighted by molar-refractivity contribution is -0.134. The monoisotopic (exact) mass is 383 g/mol. The number of hydrogen-bond donors (Lipinski definition) is 2. The van der Waals surface area contributed by atoms with Gasteiger partial charge in [0.2, 0.25) is 5.91 Å². The Morgan fingerprint density at radius 3 is 2.74 bits per heavy atom. The van der Waals surface area contributed by atoms with Gasteiger partial charge in [0.15, 0.2) is 0 Å². The first-order chi connectivity index (χ1) is 12.9. The molecule has 1 aliphatic heterocycles. The number of carbonyl (C=O) groups is 3. The maximum atomic E-state index is 13.1. The van der Waals surface area contributed by atoms with Gasteiger partial charge in [0.25, 0.3) is 5.91 Å². The lowest BCUT2D eigenvalue weighted by Gasteiger charge is -2.31. The van der Waals surface area contributed by atoms with Crippen LogP contribution in [0.25, 0.3) is 0 Å². The molecule has 2 aliphatic rings. The zero-order chi connectivity index (χ0) is 19.2. The summed E-state index contributed by atoms with van der Waals surface area (Å²) in [6, 6.07) is 7.15. The molecule has 0 unspecified atom stereocenters. The van der Waals surface area contributed by atoms with Gasteiger partial charge in [-0.05, 0) is 55.7 Å². The minimum Gasteiger partial charge on any atom is -0.324 e. The quantitative estimate of drug-likeness (QED) is 0.800. The minimum absolute atomic E-state index is 0.292. The van der Waals surface area contributed by atoms with E-state index >= 15 is 0 Å². The number of rotatable bonds is 3. The highest BCUT2D eigenvalue weighted by molar-refractivity contribution is 7.10. The lowest BCUT2D eigenvalue weighted by atomic mass is 9.80. The number of anilines is 1. The van der Waals surface area contributed by atoms with E-state index in [1.165, 1.54) is 0 Å². The molecule has 7 heteroatoms. The average Bonchev–Trinajstić information content (AvgIpc) is 3.19. The molecule has 0 bridgehead atoms. The number of thiophene rings is 1. The van der Waals surface area contributed by atoms with Gasteiger partial charge in [-0.25, -0.2) is 4.79 Å². The van der Waals surface area contributed by atoms with Gasteiger partial charge in [0.05, 0.1) is 0 Å². The highest BCUT2D eigenvalue weighted by Crippen LogP contribution is 2.42. The number of aryl methyl sites for hydroxylation is 3. The minimum atomic E-state index is -1.01. The lowest BCUT2D eigenvalue weighted by Crippen LogP contribution is -2.46. The van der Waals surface area contributed by atoms with E-state index in [0.717, 1.165) is 45.0 Å². The number of benzene rings is 1. The summed E-state index contributed by atoms with van der Waals surface area (Å²) in [4.78, 5) is 40.4. The average molecular weight is 383 g/mol. The van der Waals surface area contributed by atoms with Gasteiger partial charge in [-0.2, -0.15) is 0 Å². The Morgan fingerprint density at radius 2 is 2.00 bits per heavy atom. The maximum Gasteiger partial charge on any atom is 0.325 e. The van der Waals surface area contributed by atoms with E-state index in [1.54, 1.807) is 11.3 Å². The Kier molecular flexibility index (Phi) is 4.26. The van der Waals surface area contributed by atoms with Crippen molar-refractivity contribution in [2.24, 2.45) is 0 Å². The number of para-hydroxylation sites is 1. The number of nitrogens with zero attached hydrogens (tertiary/aromatic N) is 1. The van der Waals surface area contributed by atoms with E-state index in [0.29, 0.717) is 6.42 Å². The number of amides is 4. The first kappa shape index (κ1) is 17.7. The Balaban J connectivity index is 1.55. The maximum absolute atomic E-state index is 13.1. The van der Waals surface area contributed by atoms with E-state index in [2.05, 4.69) is 10.6 Å². The van der Waals surface area contributed by atoms with Gasteiger partial charge < -0.3 is 10.6 Å². The first-order valence-electron chi connectivity index (χ1n) is 8.99. The molecule has 2 aromatic rings. The molecule has 27 heavy (non-hydrogen) atoms. The van der Waals surface area contributed by atoms with E-state index < -0.39 is 11.6 Å². The van der Waals surface area contributed by atoms with Crippen LogP contribution in [0.4, 0.5) is 10.5 Å². The number of imide groups is 1. The van der Waals surface area contributed by atoms with Crippen molar-refractivity contribution in [1.29, 1.82) is 0 Å². The molecule has 0 saturated carbocycles. The molecule has 1 atom stereocenters. The molecule has 4 amide bonds. The van der Waals surface area contributed by atoms with Crippen molar-refractivity contribution in [1.82, 2.24) is 10.2 Å². The molecule has 1 saturated heterocycles. The van der Waals surface area contributed by atoms with Gasteiger partial charge in [-0.3, -0.25) is 14.5 Å². The molecule has 0 radical (unpaired) electrons. The van der Waals surface area contributed by atoms with Crippen LogP contribution in [0.5, 0.6) is 0 Å². The summed E-state index contributed by atoms with van der Waals surface area (Å²) in [5.74, 6) is -0.710. The Morgan fingerprint density at radius 1 is 1.26 bits per heavy atom. The van der Waals surface area contributed by atoms with Gasteiger partial charge in [0, 0.05) is 16.1 Å². The largest absolute Gasteiger partial charge is 0.325 e. The van der Waals surface area contributed by atoms with E-state index in [4.69, 9.17) is 0 Å². The van der Waals surface area contributed by atoms with Crippen LogP contribution < -0.4 is 10.6 Å². The van der Waals surface area contributed by atoms with Gasteiger partial charge in [-0.15, -0.1) is 11.3 Å². The third kappa shape index (κ3) is 2.82. The molecule has 2 heterocycles. The molecule has 1 aromatic carbocycles. The standard InChI is InChI=1S/C20H21N3O3S/c1-12-5-3-6-13(2)17(12)21-16(24)11-23-18(25)20(22-19(23)26)9-4-7-15-14(20)8-10-27-15/h3,5-6,8,10H,4,7,9,11H2,1-2H3,(H,21,24)(H,22,26)/t20-/m0/s1. The van der Waals surface area contributed by atoms with Crippen molar-refractivity contribution in [3.05, 3.63) is 51.2 Å². The topological polar surface area (TPSA) is 78.5 Å². The van der Waals surface area contributed by atoms with Crippen molar-refractivity contribution in [3.63, 3.8) is 0 Å². The molecule has 1 spiro atoms. The zero-order valence-corrected chi connectivity index (χ0v) is 16.1. The smallest absolute Gasteiger partial charge is 0.324 e. The number of carbonyl (C=O) groups excluding carboxylic acids is 3. The van der Waals surface area contributed by atoms with Crippen molar-refractivity contribution in [2.75, 3.05) is 11.9 Å². The van der Waals surface area contributed by atoms with Crippen LogP contribution in [0.1, 0.15) is 34.4 Å². The predicted molar refractivity (Wildman–Crippen MR) is 104 cm³/mol. The normalized spacial score (nSPS) is 21.3. The van der Waals surface area contributed by atoms with Gasteiger partial charge in [0.1, 0.15) is 12.1 Å². The molecule has 1 aromatic heterocycles. The van der Waals surface area contributed by atoms with Crippen LogP contribution in [-0.4, -0.2) is 29.3 Å². The Labute approximate surface area is 161 Å². The van der Waals surface area contributed by atoms with Crippen molar-refractivity contribution >= 4 is 34.9 Å². The van der Waals surface area contributed by atoms with E-state index in [1.807, 2.05) is 43.5 Å². The number of hydrogen-bond acceptors (Lipinski definition) is 4. The fourth-order valence-corrected chi connectivity index (χ4v) is 5.02. The molecular formula is C20H21N3O3S. The molecule has 1 fully saturated rings. The molecular weight excluding hydrogens is 362 g/mol. The highest BCUT2D eigenvalue weighted by Gasteiger charge is 2.54. The number of nitrogens with one attached hydrogen (secondary N) is 2. The second-order valence-electron chi connectivity index (χ2n) is 7.15. The fraction of sp³-hybridized carbons (Fsp3) is 0.350. The summed E-state index contributed by atoms with van der Waals surface area (Å²) in [5.41, 5.74) is 2.47. The van der Waals surface area contributed by atoms with Crippen molar-refractivity contribution in [2.45, 2.75) is 38.6 Å². The SMILES string of the molecule is Cc1cccc(C)c1NC(=O)CN1C(=O)N[C@]2(CCCc3sccc32)C1=O. The number of fused-ring (bicyclic) bond motifs is 2. The molecule has 1 aliphatic carbocycles. The summed E-state index contributed by atoms with van der Waals surface area (Å²) < 4.78 is 0. The fourth-order valence-electron chi connectivity index (χ4n) is 4.02. The highest BCUT2D eigenvalue weighted by atomic mass is 32.1. The summed E-state index contributed by atoms with van der Waals surface area (Å²) in [6.45, 7) is 3.52. The Bertz CT molecular complexity index is 931. The molecule has 6 nitrogen and oxygen atoms in total. The van der Waals surface area contributed by atoms with Gasteiger partial charge >= 0.3 is 6.03 Å². The van der Waals surface area contributed by atoms with Crippen LogP contribution in [0.3, 0.4) is 0 Å². The summed E-state index contributed by atoms with van der Waals surface area (Å²) in [7, 11) is 0. The van der Waals surface area contributed by atoms with Crippen LogP contribution >= 0.6 is 11.3 Å². The summed E-state index contributed by atoms with van der Waals surface area (Å²) in [6.07, 6.45) is 2.32. The molecule has 2 N–H and O–H groups in total. The van der Waals surface area contributed by atoms with Gasteiger partial charge in [-0.1, -0.05) is 18.2 Å². The van der Waals surface area contributed by atoms with Crippen LogP contribution in [0, 0.1) is 13.8 Å². The van der Waals surface area contributed by atoms with Crippen LogP contribution in [0.15, 0.2) is 29.6 Å². The van der Waals surface area contributed by atoms with E-state index in [-0.39, 0.29) is 18.4 Å². The Hall–Kier alpha value is -2.67. The zero-order valence-electron chi connectivity index (χ0n) is 15.3. The van der Waals surface area contributed by atoms with Crippen LogP contribution in [-0.2, 0) is 21.5 Å². The second kappa shape index (κ2) is 6.49. The summed E-state index contributed by atoms with van der Waals surface area (Å²) in [5, 5.41) is 7.66.